The minimum atomic E-state index is -0.433. The van der Waals surface area contributed by atoms with Crippen LogP contribution in [-0.4, -0.2) is 34.4 Å². The van der Waals surface area contributed by atoms with E-state index in [-0.39, 0.29) is 11.7 Å². The Kier molecular flexibility index (Phi) is 4.46. The van der Waals surface area contributed by atoms with E-state index in [2.05, 4.69) is 9.97 Å². The minimum absolute atomic E-state index is 0.106. The quantitative estimate of drug-likeness (QED) is 0.781. The van der Waals surface area contributed by atoms with Crippen LogP contribution in [0.1, 0.15) is 22.8 Å². The molecule has 0 atom stereocenters. The third-order valence-electron chi connectivity index (χ3n) is 3.93. The first-order valence-corrected chi connectivity index (χ1v) is 7.67. The number of fused-ring (bicyclic) bond motifs is 1. The van der Waals surface area contributed by atoms with Crippen LogP contribution in [-0.2, 0) is 6.54 Å². The number of H-pyrrole nitrogens is 1. The molecule has 0 radical (unpaired) electrons. The molecular weight excluding hydrogens is 309 g/mol. The number of carbonyl (C=O) groups is 1. The zero-order chi connectivity index (χ0) is 17.1. The zero-order valence-corrected chi connectivity index (χ0v) is 13.5. The number of halogens is 1. The Morgan fingerprint density at radius 1 is 1.29 bits per heavy atom. The number of rotatable bonds is 5. The van der Waals surface area contributed by atoms with Crippen LogP contribution in [0.4, 0.5) is 4.39 Å². The molecule has 124 valence electrons. The van der Waals surface area contributed by atoms with Crippen LogP contribution in [0, 0.1) is 5.82 Å². The van der Waals surface area contributed by atoms with Crippen LogP contribution in [0.15, 0.2) is 42.7 Å². The highest BCUT2D eigenvalue weighted by Crippen LogP contribution is 2.20. The molecule has 0 spiro atoms. The molecule has 0 fully saturated rings. The molecule has 1 amide bonds. The Balaban J connectivity index is 1.82. The molecule has 5 nitrogen and oxygen atoms in total. The maximum atomic E-state index is 13.8. The van der Waals surface area contributed by atoms with Gasteiger partial charge in [-0.2, -0.15) is 0 Å². The number of carbonyl (C=O) groups excluding carboxylic acids is 1. The van der Waals surface area contributed by atoms with Crippen LogP contribution in [0.25, 0.3) is 11.0 Å². The van der Waals surface area contributed by atoms with Crippen LogP contribution >= 0.6 is 0 Å². The summed E-state index contributed by atoms with van der Waals surface area (Å²) in [7, 11) is 1.42. The number of methoxy groups -OCH3 is 1. The highest BCUT2D eigenvalue weighted by Gasteiger charge is 2.16. The molecule has 0 saturated heterocycles. The molecule has 24 heavy (non-hydrogen) atoms. The molecular formula is C18H18FN3O2. The van der Waals surface area contributed by atoms with Gasteiger partial charge in [-0.25, -0.2) is 9.37 Å². The van der Waals surface area contributed by atoms with Gasteiger partial charge in [-0.15, -0.1) is 0 Å². The fourth-order valence-electron chi connectivity index (χ4n) is 2.61. The molecule has 0 aliphatic rings. The number of benzene rings is 2. The average Bonchev–Trinajstić information content (AvgIpc) is 3.07. The Hall–Kier alpha value is -2.89. The van der Waals surface area contributed by atoms with Crippen LogP contribution < -0.4 is 4.74 Å². The summed E-state index contributed by atoms with van der Waals surface area (Å²) in [6, 6.07) is 10.1. The highest BCUT2D eigenvalue weighted by atomic mass is 19.1. The number of aromatic nitrogens is 2. The number of nitrogens with zero attached hydrogens (tertiary/aromatic N) is 2. The SMILES string of the molecule is CCN(Cc1ccc(OC)c(F)c1)C(=O)c1ccc2nc[nH]c2c1. The van der Waals surface area contributed by atoms with Crippen LogP contribution in [0.2, 0.25) is 0 Å². The molecule has 0 saturated carbocycles. The van der Waals surface area contributed by atoms with Gasteiger partial charge in [0.15, 0.2) is 11.6 Å². The highest BCUT2D eigenvalue weighted by molar-refractivity contribution is 5.97. The lowest BCUT2D eigenvalue weighted by Gasteiger charge is -2.21. The predicted molar refractivity (Wildman–Crippen MR) is 89.5 cm³/mol. The molecule has 3 rings (SSSR count). The van der Waals surface area contributed by atoms with Gasteiger partial charge in [0.25, 0.3) is 5.91 Å². The second-order valence-corrected chi connectivity index (χ2v) is 5.42. The largest absolute Gasteiger partial charge is 0.494 e. The van der Waals surface area contributed by atoms with E-state index in [1.54, 1.807) is 41.6 Å². The summed E-state index contributed by atoms with van der Waals surface area (Å²) in [6.45, 7) is 2.75. The van der Waals surface area contributed by atoms with Crippen molar-refractivity contribution in [2.45, 2.75) is 13.5 Å². The van der Waals surface area contributed by atoms with Crippen molar-refractivity contribution < 1.29 is 13.9 Å². The Bertz CT molecular complexity index is 876. The second-order valence-electron chi connectivity index (χ2n) is 5.42. The van der Waals surface area contributed by atoms with Crippen molar-refractivity contribution >= 4 is 16.9 Å². The van der Waals surface area contributed by atoms with E-state index in [0.717, 1.165) is 11.0 Å². The summed E-state index contributed by atoms with van der Waals surface area (Å²) in [6.07, 6.45) is 1.59. The number of hydrogen-bond donors (Lipinski definition) is 1. The van der Waals surface area contributed by atoms with Gasteiger partial charge in [-0.05, 0) is 42.8 Å². The molecule has 0 unspecified atom stereocenters. The lowest BCUT2D eigenvalue weighted by molar-refractivity contribution is 0.0752. The van der Waals surface area contributed by atoms with Crippen molar-refractivity contribution in [3.8, 4) is 5.75 Å². The number of hydrogen-bond acceptors (Lipinski definition) is 3. The third-order valence-corrected chi connectivity index (χ3v) is 3.93. The monoisotopic (exact) mass is 327 g/mol. The van der Waals surface area contributed by atoms with E-state index in [9.17, 15) is 9.18 Å². The standard InChI is InChI=1S/C18H18FN3O2/c1-3-22(10-12-4-7-17(24-2)14(19)8-12)18(23)13-5-6-15-16(9-13)21-11-20-15/h4-9,11H,3,10H2,1-2H3,(H,20,21). The van der Waals surface area contributed by atoms with E-state index in [1.807, 2.05) is 6.92 Å². The van der Waals surface area contributed by atoms with Crippen molar-refractivity contribution in [3.63, 3.8) is 0 Å². The number of amides is 1. The summed E-state index contributed by atoms with van der Waals surface area (Å²) >= 11 is 0. The maximum absolute atomic E-state index is 13.8. The molecule has 2 aromatic carbocycles. The van der Waals surface area contributed by atoms with Gasteiger partial charge in [0, 0.05) is 18.7 Å². The van der Waals surface area contributed by atoms with E-state index in [0.29, 0.717) is 24.2 Å². The topological polar surface area (TPSA) is 58.2 Å². The summed E-state index contributed by atoms with van der Waals surface area (Å²) in [4.78, 5) is 21.5. The van der Waals surface area contributed by atoms with Crippen molar-refractivity contribution in [1.29, 1.82) is 0 Å². The van der Waals surface area contributed by atoms with Crippen molar-refractivity contribution in [2.24, 2.45) is 0 Å². The van der Waals surface area contributed by atoms with E-state index in [1.165, 1.54) is 13.2 Å². The van der Waals surface area contributed by atoms with Crippen LogP contribution in [0.3, 0.4) is 0 Å². The molecule has 1 N–H and O–H groups in total. The maximum Gasteiger partial charge on any atom is 0.254 e. The average molecular weight is 327 g/mol. The molecule has 3 aromatic rings. The summed E-state index contributed by atoms with van der Waals surface area (Å²) < 4.78 is 18.7. The van der Waals surface area contributed by atoms with E-state index >= 15 is 0 Å². The van der Waals surface area contributed by atoms with Gasteiger partial charge in [0.2, 0.25) is 0 Å². The Labute approximate surface area is 139 Å². The molecule has 1 heterocycles. The lowest BCUT2D eigenvalue weighted by atomic mass is 10.1. The van der Waals surface area contributed by atoms with E-state index < -0.39 is 5.82 Å². The number of aromatic amines is 1. The van der Waals surface area contributed by atoms with Gasteiger partial charge < -0.3 is 14.6 Å². The van der Waals surface area contributed by atoms with Gasteiger partial charge in [0.1, 0.15) is 0 Å². The van der Waals surface area contributed by atoms with Gasteiger partial charge in [0.05, 0.1) is 24.5 Å². The van der Waals surface area contributed by atoms with E-state index in [4.69, 9.17) is 4.74 Å². The minimum Gasteiger partial charge on any atom is -0.494 e. The fraction of sp³-hybridized carbons (Fsp3) is 0.222. The zero-order valence-electron chi connectivity index (χ0n) is 13.5. The fourth-order valence-corrected chi connectivity index (χ4v) is 2.61. The van der Waals surface area contributed by atoms with Crippen LogP contribution in [0.5, 0.6) is 5.75 Å². The first-order valence-electron chi connectivity index (χ1n) is 7.67. The molecule has 0 bridgehead atoms. The molecule has 0 aliphatic heterocycles. The Morgan fingerprint density at radius 2 is 2.12 bits per heavy atom. The van der Waals surface area contributed by atoms with Crippen molar-refractivity contribution in [2.75, 3.05) is 13.7 Å². The molecule has 0 aliphatic carbocycles. The first-order chi connectivity index (χ1) is 11.6. The lowest BCUT2D eigenvalue weighted by Crippen LogP contribution is -2.30. The predicted octanol–water partition coefficient (Wildman–Crippen LogP) is 3.37. The Morgan fingerprint density at radius 3 is 2.83 bits per heavy atom. The number of imidazole rings is 1. The van der Waals surface area contributed by atoms with Gasteiger partial charge in [-0.3, -0.25) is 4.79 Å². The summed E-state index contributed by atoms with van der Waals surface area (Å²) in [5.41, 5.74) is 2.91. The third kappa shape index (κ3) is 3.08. The summed E-state index contributed by atoms with van der Waals surface area (Å²) in [5.74, 6) is -0.347. The van der Waals surface area contributed by atoms with Gasteiger partial charge in [-0.1, -0.05) is 6.07 Å². The number of nitrogens with one attached hydrogen (secondary N) is 1. The molecule has 6 heteroatoms. The summed E-state index contributed by atoms with van der Waals surface area (Å²) in [5, 5.41) is 0. The number of ether oxygens (including phenoxy) is 1. The second kappa shape index (κ2) is 6.70. The smallest absolute Gasteiger partial charge is 0.254 e. The first kappa shape index (κ1) is 16.0. The van der Waals surface area contributed by atoms with Crippen molar-refractivity contribution in [1.82, 2.24) is 14.9 Å². The van der Waals surface area contributed by atoms with Gasteiger partial charge >= 0.3 is 0 Å². The normalized spacial score (nSPS) is 10.8. The molecule has 1 aromatic heterocycles. The van der Waals surface area contributed by atoms with Crippen molar-refractivity contribution in [3.05, 3.63) is 59.7 Å².